The van der Waals surface area contributed by atoms with Crippen molar-refractivity contribution in [2.45, 2.75) is 13.8 Å². The van der Waals surface area contributed by atoms with Gasteiger partial charge in [0.15, 0.2) is 5.11 Å². The molecule has 154 valence electrons. The summed E-state index contributed by atoms with van der Waals surface area (Å²) in [5, 5.41) is 12.7. The van der Waals surface area contributed by atoms with E-state index < -0.39 is 0 Å². The molecule has 31 heavy (non-hydrogen) atoms. The molecule has 1 heterocycles. The lowest BCUT2D eigenvalue weighted by Gasteiger charge is -2.06. The van der Waals surface area contributed by atoms with Gasteiger partial charge in [-0.25, -0.2) is 4.68 Å². The van der Waals surface area contributed by atoms with Crippen molar-refractivity contribution < 1.29 is 0 Å². The van der Waals surface area contributed by atoms with E-state index in [9.17, 15) is 0 Å². The van der Waals surface area contributed by atoms with Gasteiger partial charge in [-0.3, -0.25) is 5.43 Å². The zero-order valence-electron chi connectivity index (χ0n) is 17.4. The number of hydrogen-bond acceptors (Lipinski definition) is 3. The van der Waals surface area contributed by atoms with Crippen LogP contribution in [0, 0.1) is 13.8 Å². The second-order valence-electron chi connectivity index (χ2n) is 7.27. The SMILES string of the molecule is Cc1ccc(-c2nn(-c3ccc(C)cc3)cc2C=NNC(=S)Nc2ccccc2)cc1. The number of hydrogen-bond donors (Lipinski definition) is 2. The van der Waals surface area contributed by atoms with Gasteiger partial charge < -0.3 is 5.32 Å². The number of benzene rings is 3. The summed E-state index contributed by atoms with van der Waals surface area (Å²) in [6.07, 6.45) is 3.71. The van der Waals surface area contributed by atoms with Crippen LogP contribution >= 0.6 is 12.2 Å². The van der Waals surface area contributed by atoms with Crippen LogP contribution in [0.3, 0.4) is 0 Å². The van der Waals surface area contributed by atoms with Crippen LogP contribution < -0.4 is 10.7 Å². The highest BCUT2D eigenvalue weighted by atomic mass is 32.1. The number of rotatable bonds is 5. The molecular weight excluding hydrogens is 402 g/mol. The Balaban J connectivity index is 1.58. The molecule has 5 nitrogen and oxygen atoms in total. The second kappa shape index (κ2) is 9.36. The number of nitrogens with zero attached hydrogens (tertiary/aromatic N) is 3. The molecule has 0 spiro atoms. The van der Waals surface area contributed by atoms with Crippen molar-refractivity contribution >= 4 is 29.2 Å². The van der Waals surface area contributed by atoms with Crippen LogP contribution in [0.4, 0.5) is 5.69 Å². The van der Waals surface area contributed by atoms with Gasteiger partial charge in [-0.2, -0.15) is 10.2 Å². The van der Waals surface area contributed by atoms with Crippen LogP contribution in [0.15, 0.2) is 90.2 Å². The molecular formula is C25H23N5S. The Morgan fingerprint density at radius 3 is 2.23 bits per heavy atom. The van der Waals surface area contributed by atoms with Crippen LogP contribution in [0.5, 0.6) is 0 Å². The fourth-order valence-corrected chi connectivity index (χ4v) is 3.26. The van der Waals surface area contributed by atoms with Gasteiger partial charge in [-0.1, -0.05) is 65.7 Å². The van der Waals surface area contributed by atoms with Crippen LogP contribution in [0.1, 0.15) is 16.7 Å². The standard InChI is InChI=1S/C25H23N5S/c1-18-8-12-20(13-9-18)24-21(17-30(29-24)23-14-10-19(2)11-15-23)16-26-28-25(31)27-22-6-4-3-5-7-22/h3-17H,1-2H3,(H2,27,28,31). The van der Waals surface area contributed by atoms with Crippen molar-refractivity contribution in [3.05, 3.63) is 102 Å². The zero-order valence-corrected chi connectivity index (χ0v) is 18.2. The van der Waals surface area contributed by atoms with Crippen molar-refractivity contribution in [3.8, 4) is 16.9 Å². The summed E-state index contributed by atoms with van der Waals surface area (Å²) in [7, 11) is 0. The third-order valence-corrected chi connectivity index (χ3v) is 4.96. The first-order valence-electron chi connectivity index (χ1n) is 9.97. The molecule has 6 heteroatoms. The number of para-hydroxylation sites is 1. The van der Waals surface area contributed by atoms with Gasteiger partial charge >= 0.3 is 0 Å². The minimum Gasteiger partial charge on any atom is -0.331 e. The minimum absolute atomic E-state index is 0.422. The first-order chi connectivity index (χ1) is 15.1. The topological polar surface area (TPSA) is 54.2 Å². The average molecular weight is 426 g/mol. The molecule has 0 amide bonds. The lowest BCUT2D eigenvalue weighted by atomic mass is 10.1. The molecule has 0 atom stereocenters. The van der Waals surface area contributed by atoms with Gasteiger partial charge in [-0.05, 0) is 50.3 Å². The summed E-state index contributed by atoms with van der Waals surface area (Å²) in [6, 6.07) is 26.3. The van der Waals surface area contributed by atoms with Crippen molar-refractivity contribution in [3.63, 3.8) is 0 Å². The van der Waals surface area contributed by atoms with Gasteiger partial charge in [0.2, 0.25) is 0 Å². The van der Waals surface area contributed by atoms with E-state index in [-0.39, 0.29) is 0 Å². The van der Waals surface area contributed by atoms with Gasteiger partial charge in [-0.15, -0.1) is 0 Å². The summed E-state index contributed by atoms with van der Waals surface area (Å²) in [4.78, 5) is 0. The molecule has 0 aliphatic rings. The minimum atomic E-state index is 0.422. The van der Waals surface area contributed by atoms with Crippen molar-refractivity contribution in [2.75, 3.05) is 5.32 Å². The van der Waals surface area contributed by atoms with Gasteiger partial charge in [0.1, 0.15) is 5.69 Å². The molecule has 4 aromatic rings. The first-order valence-corrected chi connectivity index (χ1v) is 10.4. The van der Waals surface area contributed by atoms with E-state index >= 15 is 0 Å². The third-order valence-electron chi connectivity index (χ3n) is 4.77. The molecule has 0 saturated heterocycles. The van der Waals surface area contributed by atoms with E-state index in [4.69, 9.17) is 17.3 Å². The van der Waals surface area contributed by atoms with E-state index in [1.54, 1.807) is 6.21 Å². The predicted molar refractivity (Wildman–Crippen MR) is 132 cm³/mol. The number of aromatic nitrogens is 2. The van der Waals surface area contributed by atoms with E-state index in [1.165, 1.54) is 11.1 Å². The Kier molecular flexibility index (Phi) is 6.19. The first kappa shape index (κ1) is 20.5. The maximum absolute atomic E-state index is 5.33. The maximum Gasteiger partial charge on any atom is 0.191 e. The largest absolute Gasteiger partial charge is 0.331 e. The molecule has 4 rings (SSSR count). The lowest BCUT2D eigenvalue weighted by Crippen LogP contribution is -2.23. The number of thiocarbonyl (C=S) groups is 1. The zero-order chi connectivity index (χ0) is 21.6. The van der Waals surface area contributed by atoms with Crippen molar-refractivity contribution in [1.82, 2.24) is 15.2 Å². The molecule has 2 N–H and O–H groups in total. The van der Waals surface area contributed by atoms with Crippen LogP contribution in [-0.2, 0) is 0 Å². The molecule has 0 radical (unpaired) electrons. The molecule has 0 aliphatic heterocycles. The molecule has 0 aliphatic carbocycles. The number of anilines is 1. The second-order valence-corrected chi connectivity index (χ2v) is 7.68. The number of aryl methyl sites for hydroxylation is 2. The van der Waals surface area contributed by atoms with Crippen LogP contribution in [0.25, 0.3) is 16.9 Å². The highest BCUT2D eigenvalue weighted by Crippen LogP contribution is 2.23. The summed E-state index contributed by atoms with van der Waals surface area (Å²) in [6.45, 7) is 4.14. The predicted octanol–water partition coefficient (Wildman–Crippen LogP) is 5.48. The number of nitrogens with one attached hydrogen (secondary N) is 2. The molecule has 3 aromatic carbocycles. The lowest BCUT2D eigenvalue weighted by molar-refractivity contribution is 0.883. The average Bonchev–Trinajstić information content (AvgIpc) is 3.19. The van der Waals surface area contributed by atoms with Gasteiger partial charge in [0.05, 0.1) is 11.9 Å². The Bertz CT molecular complexity index is 1190. The van der Waals surface area contributed by atoms with Gasteiger partial charge in [0, 0.05) is 23.0 Å². The van der Waals surface area contributed by atoms with Crippen molar-refractivity contribution in [1.29, 1.82) is 0 Å². The monoisotopic (exact) mass is 425 g/mol. The van der Waals surface area contributed by atoms with Crippen LogP contribution in [-0.4, -0.2) is 21.1 Å². The molecule has 0 unspecified atom stereocenters. The maximum atomic E-state index is 5.33. The molecule has 0 saturated carbocycles. The Hall–Kier alpha value is -3.77. The highest BCUT2D eigenvalue weighted by Gasteiger charge is 2.11. The van der Waals surface area contributed by atoms with E-state index in [2.05, 4.69) is 78.2 Å². The van der Waals surface area contributed by atoms with E-state index in [1.807, 2.05) is 41.2 Å². The smallest absolute Gasteiger partial charge is 0.191 e. The molecule has 0 bridgehead atoms. The molecule has 1 aromatic heterocycles. The van der Waals surface area contributed by atoms with Crippen LogP contribution in [0.2, 0.25) is 0 Å². The molecule has 0 fully saturated rings. The van der Waals surface area contributed by atoms with E-state index in [0.717, 1.165) is 28.2 Å². The summed E-state index contributed by atoms with van der Waals surface area (Å²) in [5.74, 6) is 0. The van der Waals surface area contributed by atoms with Crippen molar-refractivity contribution in [2.24, 2.45) is 5.10 Å². The van der Waals surface area contributed by atoms with E-state index in [0.29, 0.717) is 5.11 Å². The quantitative estimate of drug-likeness (QED) is 0.253. The van der Waals surface area contributed by atoms with Gasteiger partial charge in [0.25, 0.3) is 0 Å². The fraction of sp³-hybridized carbons (Fsp3) is 0.0800. The fourth-order valence-electron chi connectivity index (χ4n) is 3.09. The third kappa shape index (κ3) is 5.24. The highest BCUT2D eigenvalue weighted by molar-refractivity contribution is 7.80. The Morgan fingerprint density at radius 1 is 0.903 bits per heavy atom. The Morgan fingerprint density at radius 2 is 1.55 bits per heavy atom. The summed E-state index contributed by atoms with van der Waals surface area (Å²) < 4.78 is 1.87. The normalized spacial score (nSPS) is 10.9. The summed E-state index contributed by atoms with van der Waals surface area (Å²) in [5.41, 5.74) is 9.96. The number of hydrazone groups is 1. The summed E-state index contributed by atoms with van der Waals surface area (Å²) >= 11 is 5.33. The Labute approximate surface area is 187 Å².